The first-order chi connectivity index (χ1) is 17.4. The number of unbranched alkanes of at least 4 members (excludes halogenated alkanes) is 1. The van der Waals surface area contributed by atoms with Gasteiger partial charge in [0, 0.05) is 11.4 Å². The number of benzene rings is 2. The molecule has 2 heterocycles. The van der Waals surface area contributed by atoms with Crippen LogP contribution in [-0.2, 0) is 4.79 Å². The van der Waals surface area contributed by atoms with Gasteiger partial charge in [0.25, 0.3) is 5.91 Å². The van der Waals surface area contributed by atoms with Crippen LogP contribution in [0.1, 0.15) is 70.5 Å². The van der Waals surface area contributed by atoms with Crippen molar-refractivity contribution in [1.29, 1.82) is 0 Å². The molecule has 2 aromatic carbocycles. The summed E-state index contributed by atoms with van der Waals surface area (Å²) >= 11 is 1.64. The number of carbonyl (C=O) groups is 1. The summed E-state index contributed by atoms with van der Waals surface area (Å²) in [6.45, 7) is 10.9. The van der Waals surface area contributed by atoms with Gasteiger partial charge in [-0.05, 0) is 49.4 Å². The van der Waals surface area contributed by atoms with Crippen molar-refractivity contribution in [3.05, 3.63) is 70.9 Å². The zero-order valence-corrected chi connectivity index (χ0v) is 22.5. The summed E-state index contributed by atoms with van der Waals surface area (Å²) in [5.41, 5.74) is 4.23. The minimum atomic E-state index is -0.408. The Hall–Kier alpha value is -3.26. The van der Waals surface area contributed by atoms with Crippen LogP contribution >= 0.6 is 11.8 Å². The van der Waals surface area contributed by atoms with E-state index in [9.17, 15) is 4.79 Å². The molecule has 0 fully saturated rings. The Morgan fingerprint density at radius 1 is 1.17 bits per heavy atom. The van der Waals surface area contributed by atoms with E-state index in [2.05, 4.69) is 55.7 Å². The SMILES string of the molecule is CCCCSc1nc2n(n1)C(c1ccc(C(C)C)cc1)C(C(=O)Nc1ccccc1OCC)=C(C)N2. The minimum Gasteiger partial charge on any atom is -0.492 e. The molecule has 0 saturated carbocycles. The maximum atomic E-state index is 13.8. The van der Waals surface area contributed by atoms with Gasteiger partial charge in [-0.2, -0.15) is 4.98 Å². The predicted molar refractivity (Wildman–Crippen MR) is 147 cm³/mol. The van der Waals surface area contributed by atoms with Gasteiger partial charge in [0.15, 0.2) is 0 Å². The first kappa shape index (κ1) is 25.8. The third kappa shape index (κ3) is 5.59. The molecule has 1 unspecified atom stereocenters. The van der Waals surface area contributed by atoms with E-state index in [1.165, 1.54) is 5.56 Å². The molecule has 0 saturated heterocycles. The highest BCUT2D eigenvalue weighted by molar-refractivity contribution is 7.99. The number of para-hydroxylation sites is 2. The zero-order chi connectivity index (χ0) is 25.7. The molecular formula is C28H35N5O2S. The lowest BCUT2D eigenvalue weighted by Crippen LogP contribution is -2.31. The van der Waals surface area contributed by atoms with Crippen molar-refractivity contribution < 1.29 is 9.53 Å². The van der Waals surface area contributed by atoms with E-state index in [4.69, 9.17) is 14.8 Å². The summed E-state index contributed by atoms with van der Waals surface area (Å²) in [7, 11) is 0. The van der Waals surface area contributed by atoms with Crippen LogP contribution < -0.4 is 15.4 Å². The third-order valence-electron chi connectivity index (χ3n) is 6.16. The second-order valence-corrected chi connectivity index (χ2v) is 10.2. The molecular weight excluding hydrogens is 470 g/mol. The van der Waals surface area contributed by atoms with Crippen molar-refractivity contribution in [2.45, 2.75) is 64.6 Å². The second-order valence-electron chi connectivity index (χ2n) is 9.14. The Kier molecular flexibility index (Phi) is 8.36. The van der Waals surface area contributed by atoms with E-state index in [-0.39, 0.29) is 5.91 Å². The summed E-state index contributed by atoms with van der Waals surface area (Å²) in [6, 6.07) is 15.5. The van der Waals surface area contributed by atoms with E-state index in [1.807, 2.05) is 42.8 Å². The van der Waals surface area contributed by atoms with E-state index in [1.54, 1.807) is 11.8 Å². The van der Waals surface area contributed by atoms with Gasteiger partial charge >= 0.3 is 0 Å². The fourth-order valence-corrected chi connectivity index (χ4v) is 5.12. The Bertz CT molecular complexity index is 1230. The number of thioether (sulfide) groups is 1. The summed E-state index contributed by atoms with van der Waals surface area (Å²) in [5.74, 6) is 2.47. The quantitative estimate of drug-likeness (QED) is 0.238. The number of allylic oxidation sites excluding steroid dienone is 1. The summed E-state index contributed by atoms with van der Waals surface area (Å²) in [4.78, 5) is 18.5. The molecule has 0 radical (unpaired) electrons. The summed E-state index contributed by atoms with van der Waals surface area (Å²) < 4.78 is 7.57. The normalized spacial score (nSPS) is 15.0. The van der Waals surface area contributed by atoms with Crippen molar-refractivity contribution in [1.82, 2.24) is 14.8 Å². The van der Waals surface area contributed by atoms with Gasteiger partial charge in [0.05, 0.1) is 17.9 Å². The van der Waals surface area contributed by atoms with Crippen LogP contribution in [-0.4, -0.2) is 33.0 Å². The number of anilines is 2. The third-order valence-corrected chi connectivity index (χ3v) is 7.08. The number of hydrogen-bond donors (Lipinski definition) is 2. The highest BCUT2D eigenvalue weighted by Gasteiger charge is 2.34. The molecule has 0 spiro atoms. The highest BCUT2D eigenvalue weighted by Crippen LogP contribution is 2.37. The number of fused-ring (bicyclic) bond motifs is 1. The van der Waals surface area contributed by atoms with Gasteiger partial charge < -0.3 is 15.4 Å². The standard InChI is InChI=1S/C28H35N5O2S/c1-6-8-17-36-28-31-27-29-19(5)24(26(34)30-22-11-9-10-12-23(22)35-7-2)25(33(27)32-28)21-15-13-20(14-16-21)18(3)4/h9-16,18,25H,6-8,17H2,1-5H3,(H,30,34)(H,29,31,32). The number of aromatic nitrogens is 3. The molecule has 2 N–H and O–H groups in total. The monoisotopic (exact) mass is 505 g/mol. The number of amides is 1. The topological polar surface area (TPSA) is 81.1 Å². The van der Waals surface area contributed by atoms with Crippen LogP contribution in [0.2, 0.25) is 0 Å². The van der Waals surface area contributed by atoms with Crippen molar-refractivity contribution >= 4 is 29.3 Å². The van der Waals surface area contributed by atoms with E-state index < -0.39 is 6.04 Å². The Morgan fingerprint density at radius 2 is 1.92 bits per heavy atom. The average molecular weight is 506 g/mol. The molecule has 1 atom stereocenters. The van der Waals surface area contributed by atoms with Crippen molar-refractivity contribution in [3.63, 3.8) is 0 Å². The average Bonchev–Trinajstić information content (AvgIpc) is 3.27. The lowest BCUT2D eigenvalue weighted by Gasteiger charge is -2.29. The maximum Gasteiger partial charge on any atom is 0.255 e. The molecule has 7 nitrogen and oxygen atoms in total. The Balaban J connectivity index is 1.73. The zero-order valence-electron chi connectivity index (χ0n) is 21.7. The summed E-state index contributed by atoms with van der Waals surface area (Å²) in [5, 5.41) is 11.9. The number of nitrogens with one attached hydrogen (secondary N) is 2. The molecule has 1 aliphatic rings. The van der Waals surface area contributed by atoms with Gasteiger partial charge in [0.1, 0.15) is 11.8 Å². The number of ether oxygens (including phenoxy) is 1. The van der Waals surface area contributed by atoms with Gasteiger partial charge in [-0.3, -0.25) is 4.79 Å². The fraction of sp³-hybridized carbons (Fsp3) is 0.393. The predicted octanol–water partition coefficient (Wildman–Crippen LogP) is 6.62. The van der Waals surface area contributed by atoms with Crippen molar-refractivity contribution in [2.75, 3.05) is 23.0 Å². The van der Waals surface area contributed by atoms with Gasteiger partial charge in [0.2, 0.25) is 11.1 Å². The van der Waals surface area contributed by atoms with Crippen molar-refractivity contribution in [2.24, 2.45) is 0 Å². The van der Waals surface area contributed by atoms with Gasteiger partial charge in [-0.1, -0.05) is 75.4 Å². The first-order valence-corrected chi connectivity index (χ1v) is 13.6. The lowest BCUT2D eigenvalue weighted by molar-refractivity contribution is -0.113. The molecule has 8 heteroatoms. The van der Waals surface area contributed by atoms with Crippen LogP contribution in [0.15, 0.2) is 65.0 Å². The van der Waals surface area contributed by atoms with E-state index in [0.717, 1.165) is 29.9 Å². The Morgan fingerprint density at radius 3 is 2.61 bits per heavy atom. The molecule has 4 rings (SSSR count). The van der Waals surface area contributed by atoms with E-state index in [0.29, 0.717) is 40.6 Å². The lowest BCUT2D eigenvalue weighted by atomic mass is 9.92. The molecule has 190 valence electrons. The minimum absolute atomic E-state index is 0.202. The Labute approximate surface area is 217 Å². The number of rotatable bonds is 10. The van der Waals surface area contributed by atoms with Crippen LogP contribution in [0, 0.1) is 0 Å². The molecule has 1 amide bonds. The number of hydrogen-bond acceptors (Lipinski definition) is 6. The number of carbonyl (C=O) groups excluding carboxylic acids is 1. The molecule has 3 aromatic rings. The molecule has 1 aromatic heterocycles. The smallest absolute Gasteiger partial charge is 0.255 e. The van der Waals surface area contributed by atoms with Crippen molar-refractivity contribution in [3.8, 4) is 5.75 Å². The van der Waals surface area contributed by atoms with Gasteiger partial charge in [-0.25, -0.2) is 4.68 Å². The molecule has 0 aliphatic carbocycles. The van der Waals surface area contributed by atoms with Crippen LogP contribution in [0.3, 0.4) is 0 Å². The first-order valence-electron chi connectivity index (χ1n) is 12.6. The molecule has 36 heavy (non-hydrogen) atoms. The highest BCUT2D eigenvalue weighted by atomic mass is 32.2. The van der Waals surface area contributed by atoms with Crippen LogP contribution in [0.5, 0.6) is 5.75 Å². The fourth-order valence-electron chi connectivity index (χ4n) is 4.21. The largest absolute Gasteiger partial charge is 0.492 e. The molecule has 1 aliphatic heterocycles. The van der Waals surface area contributed by atoms with Crippen LogP contribution in [0.4, 0.5) is 11.6 Å². The van der Waals surface area contributed by atoms with Gasteiger partial charge in [-0.15, -0.1) is 5.10 Å². The maximum absolute atomic E-state index is 13.8. The molecule has 0 bridgehead atoms. The second kappa shape index (κ2) is 11.6. The van der Waals surface area contributed by atoms with Crippen LogP contribution in [0.25, 0.3) is 0 Å². The number of nitrogens with zero attached hydrogens (tertiary/aromatic N) is 3. The van der Waals surface area contributed by atoms with E-state index >= 15 is 0 Å². The summed E-state index contributed by atoms with van der Waals surface area (Å²) in [6.07, 6.45) is 2.23.